The molecule has 1 rings (SSSR count). The number of hydrogen-bond donors (Lipinski definition) is 1. The van der Waals surface area contributed by atoms with Crippen LogP contribution < -0.4 is 5.32 Å². The molecule has 4 unspecified atom stereocenters. The van der Waals surface area contributed by atoms with Crippen LogP contribution in [0.25, 0.3) is 0 Å². The molecule has 2 heteroatoms. The first-order valence-corrected chi connectivity index (χ1v) is 8.91. The standard InChI is InChI=1S/C18H37NO/c1-6-7-8-13-20-18-15(4)9-10-17(16(18)5)11-12-19-14(2)3/h14-19H,6-13H2,1-5H3. The Morgan fingerprint density at radius 2 is 1.90 bits per heavy atom. The number of ether oxygens (including phenoxy) is 1. The Kier molecular flexibility index (Phi) is 8.79. The van der Waals surface area contributed by atoms with Crippen molar-refractivity contribution < 1.29 is 4.74 Å². The molecule has 0 saturated heterocycles. The number of hydrogen-bond acceptors (Lipinski definition) is 2. The summed E-state index contributed by atoms with van der Waals surface area (Å²) in [4.78, 5) is 0. The average molecular weight is 283 g/mol. The molecule has 0 aromatic heterocycles. The fourth-order valence-electron chi connectivity index (χ4n) is 3.54. The first-order valence-electron chi connectivity index (χ1n) is 8.91. The Morgan fingerprint density at radius 3 is 2.55 bits per heavy atom. The topological polar surface area (TPSA) is 21.3 Å². The predicted molar refractivity (Wildman–Crippen MR) is 88.1 cm³/mol. The lowest BCUT2D eigenvalue weighted by atomic mass is 9.72. The Balaban J connectivity index is 2.35. The molecule has 1 aliphatic carbocycles. The first kappa shape index (κ1) is 18.0. The molecule has 1 N–H and O–H groups in total. The maximum atomic E-state index is 6.25. The van der Waals surface area contributed by atoms with E-state index in [1.807, 2.05) is 0 Å². The first-order chi connectivity index (χ1) is 9.56. The minimum atomic E-state index is 0.490. The van der Waals surface area contributed by atoms with E-state index in [1.165, 1.54) is 38.5 Å². The van der Waals surface area contributed by atoms with Crippen LogP contribution in [0.1, 0.15) is 73.1 Å². The Bertz CT molecular complexity index is 242. The van der Waals surface area contributed by atoms with Gasteiger partial charge < -0.3 is 10.1 Å². The summed E-state index contributed by atoms with van der Waals surface area (Å²) in [6.45, 7) is 13.6. The maximum Gasteiger partial charge on any atom is 0.0628 e. The molecule has 0 heterocycles. The van der Waals surface area contributed by atoms with Gasteiger partial charge in [-0.15, -0.1) is 0 Å². The van der Waals surface area contributed by atoms with Crippen LogP contribution in [0.4, 0.5) is 0 Å². The Morgan fingerprint density at radius 1 is 1.15 bits per heavy atom. The van der Waals surface area contributed by atoms with E-state index < -0.39 is 0 Å². The molecule has 0 aliphatic heterocycles. The zero-order chi connectivity index (χ0) is 15.0. The molecule has 20 heavy (non-hydrogen) atoms. The van der Waals surface area contributed by atoms with Gasteiger partial charge in [0.1, 0.15) is 0 Å². The van der Waals surface area contributed by atoms with Crippen molar-refractivity contribution in [2.24, 2.45) is 17.8 Å². The molecule has 0 aromatic rings. The Labute approximate surface area is 127 Å². The van der Waals surface area contributed by atoms with Crippen LogP contribution in [-0.2, 0) is 4.74 Å². The zero-order valence-electron chi connectivity index (χ0n) is 14.5. The van der Waals surface area contributed by atoms with E-state index in [1.54, 1.807) is 0 Å². The summed E-state index contributed by atoms with van der Waals surface area (Å²) in [5.41, 5.74) is 0. The van der Waals surface area contributed by atoms with Gasteiger partial charge >= 0.3 is 0 Å². The molecule has 0 spiro atoms. The highest BCUT2D eigenvalue weighted by Crippen LogP contribution is 2.37. The van der Waals surface area contributed by atoms with Crippen LogP contribution in [0.2, 0.25) is 0 Å². The van der Waals surface area contributed by atoms with Crippen LogP contribution in [0.5, 0.6) is 0 Å². The monoisotopic (exact) mass is 283 g/mol. The molecular weight excluding hydrogens is 246 g/mol. The van der Waals surface area contributed by atoms with E-state index in [-0.39, 0.29) is 0 Å². The van der Waals surface area contributed by atoms with Crippen molar-refractivity contribution in [3.8, 4) is 0 Å². The average Bonchev–Trinajstić information content (AvgIpc) is 2.40. The highest BCUT2D eigenvalue weighted by molar-refractivity contribution is 4.85. The quantitative estimate of drug-likeness (QED) is 0.623. The van der Waals surface area contributed by atoms with Crippen LogP contribution in [-0.4, -0.2) is 25.3 Å². The summed E-state index contributed by atoms with van der Waals surface area (Å²) in [6.07, 6.45) is 8.34. The highest BCUT2D eigenvalue weighted by Gasteiger charge is 2.34. The lowest BCUT2D eigenvalue weighted by Gasteiger charge is -2.40. The summed E-state index contributed by atoms with van der Waals surface area (Å²) >= 11 is 0. The van der Waals surface area contributed by atoms with Crippen molar-refractivity contribution in [2.45, 2.75) is 85.3 Å². The molecule has 1 fully saturated rings. The second-order valence-corrected chi connectivity index (χ2v) is 7.11. The summed E-state index contributed by atoms with van der Waals surface area (Å²) in [5.74, 6) is 2.30. The molecule has 120 valence electrons. The number of unbranched alkanes of at least 4 members (excludes halogenated alkanes) is 2. The lowest BCUT2D eigenvalue weighted by molar-refractivity contribution is -0.0608. The summed E-state index contributed by atoms with van der Waals surface area (Å²) in [7, 11) is 0. The molecular formula is C18H37NO. The molecule has 0 amide bonds. The minimum absolute atomic E-state index is 0.490. The van der Waals surface area contributed by atoms with E-state index in [0.717, 1.165) is 25.0 Å². The van der Waals surface area contributed by atoms with Crippen molar-refractivity contribution >= 4 is 0 Å². The van der Waals surface area contributed by atoms with Crippen molar-refractivity contribution in [3.05, 3.63) is 0 Å². The van der Waals surface area contributed by atoms with Crippen molar-refractivity contribution in [1.82, 2.24) is 5.32 Å². The van der Waals surface area contributed by atoms with E-state index in [4.69, 9.17) is 4.74 Å². The normalized spacial score (nSPS) is 30.9. The maximum absolute atomic E-state index is 6.25. The number of nitrogens with one attached hydrogen (secondary N) is 1. The smallest absolute Gasteiger partial charge is 0.0628 e. The third-order valence-corrected chi connectivity index (χ3v) is 4.94. The summed E-state index contributed by atoms with van der Waals surface area (Å²) in [5, 5.41) is 3.56. The van der Waals surface area contributed by atoms with Crippen LogP contribution >= 0.6 is 0 Å². The van der Waals surface area contributed by atoms with Crippen LogP contribution in [0, 0.1) is 17.8 Å². The predicted octanol–water partition coefficient (Wildman–Crippen LogP) is 4.63. The molecule has 4 atom stereocenters. The van der Waals surface area contributed by atoms with Gasteiger partial charge in [0.25, 0.3) is 0 Å². The highest BCUT2D eigenvalue weighted by atomic mass is 16.5. The van der Waals surface area contributed by atoms with Gasteiger partial charge in [-0.3, -0.25) is 0 Å². The van der Waals surface area contributed by atoms with Crippen molar-refractivity contribution in [3.63, 3.8) is 0 Å². The van der Waals surface area contributed by atoms with E-state index >= 15 is 0 Å². The largest absolute Gasteiger partial charge is 0.378 e. The third-order valence-electron chi connectivity index (χ3n) is 4.94. The van der Waals surface area contributed by atoms with Crippen LogP contribution in [0.15, 0.2) is 0 Å². The molecule has 0 bridgehead atoms. The van der Waals surface area contributed by atoms with Gasteiger partial charge in [-0.1, -0.05) is 47.5 Å². The molecule has 1 aliphatic rings. The van der Waals surface area contributed by atoms with Crippen LogP contribution in [0.3, 0.4) is 0 Å². The van der Waals surface area contributed by atoms with Gasteiger partial charge in [0.05, 0.1) is 6.10 Å². The fourth-order valence-corrected chi connectivity index (χ4v) is 3.54. The second-order valence-electron chi connectivity index (χ2n) is 7.11. The number of rotatable bonds is 9. The van der Waals surface area contributed by atoms with Gasteiger partial charge in [-0.25, -0.2) is 0 Å². The van der Waals surface area contributed by atoms with Gasteiger partial charge in [0.2, 0.25) is 0 Å². The summed E-state index contributed by atoms with van der Waals surface area (Å²) in [6, 6.07) is 0.605. The van der Waals surface area contributed by atoms with Crippen molar-refractivity contribution in [1.29, 1.82) is 0 Å². The minimum Gasteiger partial charge on any atom is -0.378 e. The van der Waals surface area contributed by atoms with Gasteiger partial charge in [0.15, 0.2) is 0 Å². The Hall–Kier alpha value is -0.0800. The summed E-state index contributed by atoms with van der Waals surface area (Å²) < 4.78 is 6.25. The van der Waals surface area contributed by atoms with Crippen molar-refractivity contribution in [2.75, 3.05) is 13.2 Å². The SMILES string of the molecule is CCCCCOC1C(C)CCC(CCNC(C)C)C1C. The van der Waals surface area contributed by atoms with Gasteiger partial charge in [-0.2, -0.15) is 0 Å². The van der Waals surface area contributed by atoms with Gasteiger partial charge in [-0.05, 0) is 50.0 Å². The molecule has 1 saturated carbocycles. The molecule has 0 radical (unpaired) electrons. The third kappa shape index (κ3) is 6.13. The molecule has 2 nitrogen and oxygen atoms in total. The second kappa shape index (κ2) is 9.78. The van der Waals surface area contributed by atoms with Gasteiger partial charge in [0, 0.05) is 12.6 Å². The van der Waals surface area contributed by atoms with E-state index in [9.17, 15) is 0 Å². The van der Waals surface area contributed by atoms with E-state index in [2.05, 4.69) is 39.9 Å². The lowest BCUT2D eigenvalue weighted by Crippen LogP contribution is -2.40. The fraction of sp³-hybridized carbons (Fsp3) is 1.00. The van der Waals surface area contributed by atoms with E-state index in [0.29, 0.717) is 18.1 Å². The molecule has 0 aromatic carbocycles. The zero-order valence-corrected chi connectivity index (χ0v) is 14.5.